The van der Waals surface area contributed by atoms with E-state index in [0.717, 1.165) is 12.1 Å². The fourth-order valence-electron chi connectivity index (χ4n) is 3.97. The van der Waals surface area contributed by atoms with Crippen LogP contribution in [0.15, 0.2) is 36.8 Å². The van der Waals surface area contributed by atoms with Gasteiger partial charge in [-0.2, -0.15) is 0 Å². The van der Waals surface area contributed by atoms with Gasteiger partial charge in [-0.15, -0.1) is 0 Å². The van der Waals surface area contributed by atoms with Crippen LogP contribution in [0.1, 0.15) is 50.1 Å². The Morgan fingerprint density at radius 2 is 2.00 bits per heavy atom. The average Bonchev–Trinajstić information content (AvgIpc) is 3.11. The van der Waals surface area contributed by atoms with Crippen LogP contribution in [0.25, 0.3) is 11.3 Å². The lowest BCUT2D eigenvalue weighted by Gasteiger charge is -2.25. The SMILES string of the molecule is N=C(CC1c2ccccc2-c2cncn21)C1CCCCC1. The van der Waals surface area contributed by atoms with Gasteiger partial charge in [-0.1, -0.05) is 43.5 Å². The van der Waals surface area contributed by atoms with Gasteiger partial charge in [0.1, 0.15) is 0 Å². The van der Waals surface area contributed by atoms with Crippen molar-refractivity contribution < 1.29 is 0 Å². The second-order valence-corrected chi connectivity index (χ2v) is 6.35. The minimum absolute atomic E-state index is 0.271. The zero-order valence-corrected chi connectivity index (χ0v) is 12.3. The number of hydrogen-bond donors (Lipinski definition) is 1. The summed E-state index contributed by atoms with van der Waals surface area (Å²) in [4.78, 5) is 4.31. The Morgan fingerprint density at radius 3 is 2.86 bits per heavy atom. The number of nitrogens with one attached hydrogen (secondary N) is 1. The van der Waals surface area contributed by atoms with E-state index in [1.165, 1.54) is 48.9 Å². The zero-order valence-electron chi connectivity index (χ0n) is 12.3. The predicted octanol–water partition coefficient (Wildman–Crippen LogP) is 4.44. The molecule has 2 aromatic rings. The third kappa shape index (κ3) is 2.11. The van der Waals surface area contributed by atoms with Crippen LogP contribution in [0, 0.1) is 11.3 Å². The molecule has 0 bridgehead atoms. The number of fused-ring (bicyclic) bond motifs is 3. The highest BCUT2D eigenvalue weighted by atomic mass is 15.1. The minimum atomic E-state index is 0.271. The molecule has 1 N–H and O–H groups in total. The zero-order chi connectivity index (χ0) is 14.2. The third-order valence-corrected chi connectivity index (χ3v) is 5.11. The van der Waals surface area contributed by atoms with Gasteiger partial charge in [-0.25, -0.2) is 4.98 Å². The molecule has 0 saturated heterocycles. The Labute approximate surface area is 125 Å². The van der Waals surface area contributed by atoms with Crippen LogP contribution in [-0.2, 0) is 0 Å². The first-order valence-electron chi connectivity index (χ1n) is 8.03. The minimum Gasteiger partial charge on any atom is -0.323 e. The highest BCUT2D eigenvalue weighted by Crippen LogP contribution is 2.41. The predicted molar refractivity (Wildman–Crippen MR) is 84.7 cm³/mol. The van der Waals surface area contributed by atoms with Crippen LogP contribution in [0.2, 0.25) is 0 Å². The van der Waals surface area contributed by atoms with Crippen LogP contribution < -0.4 is 0 Å². The summed E-state index contributed by atoms with van der Waals surface area (Å²) in [5.74, 6) is 0.512. The normalized spacial score (nSPS) is 21.0. The Hall–Kier alpha value is -1.90. The number of benzene rings is 1. The van der Waals surface area contributed by atoms with Crippen molar-refractivity contribution in [1.29, 1.82) is 5.41 Å². The van der Waals surface area contributed by atoms with Crippen molar-refractivity contribution in [3.05, 3.63) is 42.4 Å². The molecule has 1 aliphatic heterocycles. The maximum Gasteiger partial charge on any atom is 0.0956 e. The summed E-state index contributed by atoms with van der Waals surface area (Å²) in [6.45, 7) is 0. The van der Waals surface area contributed by atoms with Gasteiger partial charge in [0.25, 0.3) is 0 Å². The highest BCUT2D eigenvalue weighted by molar-refractivity contribution is 5.85. The third-order valence-electron chi connectivity index (χ3n) is 5.11. The van der Waals surface area contributed by atoms with Gasteiger partial charge in [-0.3, -0.25) is 0 Å². The maximum absolute atomic E-state index is 8.55. The standard InChI is InChI=1S/C18H21N3/c19-16(13-6-2-1-3-7-13)10-17-14-8-4-5-9-15(14)18-11-20-12-21(17)18/h4-5,8-9,11-13,17,19H,1-3,6-7,10H2. The largest absolute Gasteiger partial charge is 0.323 e. The molecule has 2 aliphatic rings. The Morgan fingerprint density at radius 1 is 1.19 bits per heavy atom. The fourth-order valence-corrected chi connectivity index (χ4v) is 3.97. The molecule has 0 radical (unpaired) electrons. The first-order chi connectivity index (χ1) is 10.3. The van der Waals surface area contributed by atoms with E-state index in [4.69, 9.17) is 5.41 Å². The van der Waals surface area contributed by atoms with E-state index in [0.29, 0.717) is 5.92 Å². The monoisotopic (exact) mass is 279 g/mol. The molecule has 1 saturated carbocycles. The lowest BCUT2D eigenvalue weighted by molar-refractivity contribution is 0.429. The molecule has 2 heterocycles. The second-order valence-electron chi connectivity index (χ2n) is 6.35. The molecular formula is C18H21N3. The van der Waals surface area contributed by atoms with Crippen molar-refractivity contribution in [2.24, 2.45) is 5.92 Å². The number of aromatic nitrogens is 2. The molecule has 108 valence electrons. The lowest BCUT2D eigenvalue weighted by Crippen LogP contribution is -2.20. The average molecular weight is 279 g/mol. The van der Waals surface area contributed by atoms with Crippen molar-refractivity contribution in [2.75, 3.05) is 0 Å². The molecular weight excluding hydrogens is 258 g/mol. The van der Waals surface area contributed by atoms with Crippen LogP contribution in [0.5, 0.6) is 0 Å². The van der Waals surface area contributed by atoms with Gasteiger partial charge < -0.3 is 9.98 Å². The van der Waals surface area contributed by atoms with Crippen LogP contribution in [0.4, 0.5) is 0 Å². The molecule has 0 spiro atoms. The van der Waals surface area contributed by atoms with E-state index < -0.39 is 0 Å². The highest BCUT2D eigenvalue weighted by Gasteiger charge is 2.30. The van der Waals surface area contributed by atoms with Crippen molar-refractivity contribution in [3.63, 3.8) is 0 Å². The van der Waals surface area contributed by atoms with Crippen LogP contribution in [0.3, 0.4) is 0 Å². The summed E-state index contributed by atoms with van der Waals surface area (Å²) in [7, 11) is 0. The van der Waals surface area contributed by atoms with Crippen molar-refractivity contribution in [2.45, 2.75) is 44.6 Å². The first kappa shape index (κ1) is 12.8. The molecule has 0 amide bonds. The molecule has 21 heavy (non-hydrogen) atoms. The molecule has 3 nitrogen and oxygen atoms in total. The van der Waals surface area contributed by atoms with Crippen molar-refractivity contribution >= 4 is 5.71 Å². The summed E-state index contributed by atoms with van der Waals surface area (Å²) in [6, 6.07) is 8.85. The molecule has 1 aromatic carbocycles. The molecule has 4 rings (SSSR count). The van der Waals surface area contributed by atoms with E-state index in [-0.39, 0.29) is 6.04 Å². The van der Waals surface area contributed by atoms with Gasteiger partial charge in [0.05, 0.1) is 24.3 Å². The summed E-state index contributed by atoms with van der Waals surface area (Å²) < 4.78 is 2.25. The fraction of sp³-hybridized carbons (Fsp3) is 0.444. The molecule has 1 fully saturated rings. The number of imidazole rings is 1. The molecule has 1 aromatic heterocycles. The summed E-state index contributed by atoms with van der Waals surface area (Å²) in [5.41, 5.74) is 4.79. The first-order valence-corrected chi connectivity index (χ1v) is 8.03. The van der Waals surface area contributed by atoms with Gasteiger partial charge in [0.15, 0.2) is 0 Å². The maximum atomic E-state index is 8.55. The Bertz CT molecular complexity index is 665. The van der Waals surface area contributed by atoms with Crippen LogP contribution in [-0.4, -0.2) is 15.3 Å². The molecule has 1 atom stereocenters. The Balaban J connectivity index is 1.62. The van der Waals surface area contributed by atoms with E-state index in [1.54, 1.807) is 0 Å². The molecule has 1 aliphatic carbocycles. The van der Waals surface area contributed by atoms with E-state index in [9.17, 15) is 0 Å². The Kier molecular flexibility index (Phi) is 3.13. The summed E-state index contributed by atoms with van der Waals surface area (Å²) in [5, 5.41) is 8.55. The van der Waals surface area contributed by atoms with Crippen molar-refractivity contribution in [3.8, 4) is 11.3 Å². The summed E-state index contributed by atoms with van der Waals surface area (Å²) >= 11 is 0. The number of rotatable bonds is 3. The van der Waals surface area contributed by atoms with Gasteiger partial charge >= 0.3 is 0 Å². The molecule has 1 unspecified atom stereocenters. The van der Waals surface area contributed by atoms with E-state index >= 15 is 0 Å². The topological polar surface area (TPSA) is 41.7 Å². The quantitative estimate of drug-likeness (QED) is 0.829. The van der Waals surface area contributed by atoms with Crippen LogP contribution >= 0.6 is 0 Å². The smallest absolute Gasteiger partial charge is 0.0956 e. The van der Waals surface area contributed by atoms with E-state index in [1.807, 2.05) is 12.5 Å². The van der Waals surface area contributed by atoms with Gasteiger partial charge in [0.2, 0.25) is 0 Å². The lowest BCUT2D eigenvalue weighted by atomic mass is 9.83. The van der Waals surface area contributed by atoms with E-state index in [2.05, 4.69) is 33.8 Å². The number of nitrogens with zero attached hydrogens (tertiary/aromatic N) is 2. The van der Waals surface area contributed by atoms with Gasteiger partial charge in [-0.05, 0) is 24.3 Å². The van der Waals surface area contributed by atoms with Gasteiger partial charge in [0, 0.05) is 17.7 Å². The number of hydrogen-bond acceptors (Lipinski definition) is 2. The second kappa shape index (κ2) is 5.14. The summed E-state index contributed by atoms with van der Waals surface area (Å²) in [6.07, 6.45) is 11.1. The van der Waals surface area contributed by atoms with Crippen molar-refractivity contribution in [1.82, 2.24) is 9.55 Å². The molecule has 3 heteroatoms.